The maximum atomic E-state index is 11.3. The fourth-order valence-corrected chi connectivity index (χ4v) is 1.30. The van der Waals surface area contributed by atoms with E-state index in [-0.39, 0.29) is 33.7 Å². The quantitative estimate of drug-likeness (QED) is 0.362. The lowest BCUT2D eigenvalue weighted by atomic mass is 10.0. The van der Waals surface area contributed by atoms with Crippen LogP contribution in [-0.2, 0) is 0 Å². The van der Waals surface area contributed by atoms with Crippen molar-refractivity contribution in [2.45, 2.75) is 0 Å². The third kappa shape index (κ3) is 1.86. The lowest BCUT2D eigenvalue weighted by Crippen LogP contribution is -2.04. The van der Waals surface area contributed by atoms with E-state index in [9.17, 15) is 9.90 Å². The topological polar surface area (TPSA) is 87.1 Å². The molecule has 0 aliphatic rings. The van der Waals surface area contributed by atoms with Gasteiger partial charge in [-0.2, -0.15) is 5.26 Å². The number of phenolic OH excluding ortho intramolecular Hbond substituents is 1. The van der Waals surface area contributed by atoms with Crippen LogP contribution in [0.4, 0.5) is 5.69 Å². The number of hydrogen-bond donors (Lipinski definition) is 2. The lowest BCUT2D eigenvalue weighted by Gasteiger charge is -2.04. The third-order valence-electron chi connectivity index (χ3n) is 1.71. The summed E-state index contributed by atoms with van der Waals surface area (Å²) in [6, 6.07) is 4.31. The zero-order valence-electron chi connectivity index (χ0n) is 7.12. The summed E-state index contributed by atoms with van der Waals surface area (Å²) in [4.78, 5) is 11.3. The Balaban J connectivity index is 3.36. The minimum atomic E-state index is -0.242. The maximum absolute atomic E-state index is 11.3. The summed E-state index contributed by atoms with van der Waals surface area (Å²) in [5.41, 5.74) is 5.85. The van der Waals surface area contributed by atoms with Gasteiger partial charge in [0.05, 0.1) is 16.6 Å². The van der Waals surface area contributed by atoms with Gasteiger partial charge in [0.1, 0.15) is 11.8 Å². The van der Waals surface area contributed by atoms with Crippen LogP contribution in [0.5, 0.6) is 5.75 Å². The molecular weight excluding hydrogens is 248 g/mol. The van der Waals surface area contributed by atoms with Gasteiger partial charge in [-0.15, -0.1) is 0 Å². The van der Waals surface area contributed by atoms with Crippen LogP contribution in [0.2, 0.25) is 0 Å². The number of hydrogen-bond acceptors (Lipinski definition) is 4. The molecule has 0 radical (unpaired) electrons. The average Bonchev–Trinajstić information content (AvgIpc) is 2.20. The largest absolute Gasteiger partial charge is 0.506 e. The second-order valence-electron chi connectivity index (χ2n) is 2.63. The Hall–Kier alpha value is -1.54. The van der Waals surface area contributed by atoms with Gasteiger partial charge in [-0.05, 0) is 6.07 Å². The SMILES string of the molecule is N#Cc1cc(O)c(N)cc1C(=O)CBr. The number of halogens is 1. The molecule has 1 aromatic carbocycles. The third-order valence-corrected chi connectivity index (χ3v) is 2.22. The number of ketones is 1. The molecule has 0 bridgehead atoms. The zero-order chi connectivity index (χ0) is 10.7. The number of alkyl halides is 1. The molecule has 5 heteroatoms. The Morgan fingerprint density at radius 3 is 2.79 bits per heavy atom. The number of carbonyl (C=O) groups is 1. The summed E-state index contributed by atoms with van der Waals surface area (Å²) >= 11 is 3.00. The molecule has 14 heavy (non-hydrogen) atoms. The number of nitrogen functional groups attached to an aromatic ring is 1. The van der Waals surface area contributed by atoms with Crippen LogP contribution >= 0.6 is 15.9 Å². The van der Waals surface area contributed by atoms with Crippen molar-refractivity contribution in [3.8, 4) is 11.8 Å². The van der Waals surface area contributed by atoms with Crippen molar-refractivity contribution in [3.05, 3.63) is 23.3 Å². The standard InChI is InChI=1S/C9H7BrN2O2/c10-3-9(14)6-2-7(12)8(13)1-5(6)4-11/h1-2,13H,3,12H2. The van der Waals surface area contributed by atoms with Crippen LogP contribution in [0.25, 0.3) is 0 Å². The molecule has 0 saturated carbocycles. The molecule has 0 atom stereocenters. The molecule has 0 heterocycles. The number of carbonyl (C=O) groups excluding carboxylic acids is 1. The molecule has 4 nitrogen and oxygen atoms in total. The molecule has 0 amide bonds. The molecule has 3 N–H and O–H groups in total. The smallest absolute Gasteiger partial charge is 0.174 e. The van der Waals surface area contributed by atoms with Gasteiger partial charge in [0, 0.05) is 11.6 Å². The summed E-state index contributed by atoms with van der Waals surface area (Å²) in [6.45, 7) is 0. The van der Waals surface area contributed by atoms with Crippen molar-refractivity contribution < 1.29 is 9.90 Å². The minimum Gasteiger partial charge on any atom is -0.506 e. The number of anilines is 1. The van der Waals surface area contributed by atoms with Crippen LogP contribution in [-0.4, -0.2) is 16.2 Å². The Bertz CT molecular complexity index is 424. The van der Waals surface area contributed by atoms with Crippen molar-refractivity contribution in [2.75, 3.05) is 11.1 Å². The van der Waals surface area contributed by atoms with Crippen molar-refractivity contribution >= 4 is 27.4 Å². The lowest BCUT2D eigenvalue weighted by molar-refractivity contribution is 0.102. The Morgan fingerprint density at radius 1 is 1.64 bits per heavy atom. The zero-order valence-corrected chi connectivity index (χ0v) is 8.71. The van der Waals surface area contributed by atoms with Gasteiger partial charge < -0.3 is 10.8 Å². The van der Waals surface area contributed by atoms with E-state index in [0.29, 0.717) is 0 Å². The van der Waals surface area contributed by atoms with Crippen molar-refractivity contribution in [3.63, 3.8) is 0 Å². The van der Waals surface area contributed by atoms with Crippen LogP contribution in [0.1, 0.15) is 15.9 Å². The monoisotopic (exact) mass is 254 g/mol. The van der Waals surface area contributed by atoms with Crippen molar-refractivity contribution in [1.82, 2.24) is 0 Å². The molecule has 0 saturated heterocycles. The first kappa shape index (κ1) is 10.5. The minimum absolute atomic E-state index is 0.0910. The Labute approximate surface area is 89.1 Å². The highest BCUT2D eigenvalue weighted by molar-refractivity contribution is 9.09. The molecule has 0 aromatic heterocycles. The van der Waals surface area contributed by atoms with Crippen LogP contribution in [0, 0.1) is 11.3 Å². The molecule has 0 aliphatic carbocycles. The highest BCUT2D eigenvalue weighted by Gasteiger charge is 2.12. The van der Waals surface area contributed by atoms with Crippen LogP contribution < -0.4 is 5.73 Å². The predicted octanol–water partition coefficient (Wildman–Crippen LogP) is 1.42. The number of Topliss-reactive ketones (excluding diaryl/α,β-unsaturated/α-hetero) is 1. The van der Waals surface area contributed by atoms with E-state index in [2.05, 4.69) is 15.9 Å². The van der Waals surface area contributed by atoms with E-state index in [1.165, 1.54) is 12.1 Å². The number of benzene rings is 1. The summed E-state index contributed by atoms with van der Waals surface area (Å²) < 4.78 is 0. The van der Waals surface area contributed by atoms with Crippen LogP contribution in [0.3, 0.4) is 0 Å². The fraction of sp³-hybridized carbons (Fsp3) is 0.111. The van der Waals surface area contributed by atoms with E-state index in [0.717, 1.165) is 0 Å². The molecule has 0 aliphatic heterocycles. The second kappa shape index (κ2) is 4.11. The first-order chi connectivity index (χ1) is 6.60. The fourth-order valence-electron chi connectivity index (χ4n) is 1.00. The van der Waals surface area contributed by atoms with E-state index in [1.807, 2.05) is 6.07 Å². The number of rotatable bonds is 2. The number of nitrogens with two attached hydrogens (primary N) is 1. The summed E-state index contributed by atoms with van der Waals surface area (Å²) in [6.07, 6.45) is 0. The van der Waals surface area contributed by atoms with Gasteiger partial charge in [-0.3, -0.25) is 4.79 Å². The van der Waals surface area contributed by atoms with Gasteiger partial charge >= 0.3 is 0 Å². The van der Waals surface area contributed by atoms with E-state index >= 15 is 0 Å². The summed E-state index contributed by atoms with van der Waals surface area (Å²) in [5.74, 6) is -0.430. The number of aromatic hydroxyl groups is 1. The van der Waals surface area contributed by atoms with Gasteiger partial charge in [-0.1, -0.05) is 15.9 Å². The predicted molar refractivity (Wildman–Crippen MR) is 55.4 cm³/mol. The van der Waals surface area contributed by atoms with E-state index < -0.39 is 0 Å². The highest BCUT2D eigenvalue weighted by atomic mass is 79.9. The molecule has 1 rings (SSSR count). The van der Waals surface area contributed by atoms with Crippen LogP contribution in [0.15, 0.2) is 12.1 Å². The molecule has 0 unspecified atom stereocenters. The van der Waals surface area contributed by atoms with E-state index in [4.69, 9.17) is 11.0 Å². The van der Waals surface area contributed by atoms with Gasteiger partial charge in [0.15, 0.2) is 5.78 Å². The number of nitriles is 1. The second-order valence-corrected chi connectivity index (χ2v) is 3.19. The maximum Gasteiger partial charge on any atom is 0.174 e. The van der Waals surface area contributed by atoms with Gasteiger partial charge in [-0.25, -0.2) is 0 Å². The first-order valence-corrected chi connectivity index (χ1v) is 4.84. The van der Waals surface area contributed by atoms with Crippen molar-refractivity contribution in [1.29, 1.82) is 5.26 Å². The molecule has 72 valence electrons. The molecule has 1 aromatic rings. The van der Waals surface area contributed by atoms with E-state index in [1.54, 1.807) is 0 Å². The average molecular weight is 255 g/mol. The number of nitrogens with zero attached hydrogens (tertiary/aromatic N) is 1. The first-order valence-electron chi connectivity index (χ1n) is 3.72. The van der Waals surface area contributed by atoms with Gasteiger partial charge in [0.2, 0.25) is 0 Å². The Morgan fingerprint density at radius 2 is 2.29 bits per heavy atom. The molecule has 0 fully saturated rings. The normalized spacial score (nSPS) is 9.43. The van der Waals surface area contributed by atoms with Gasteiger partial charge in [0.25, 0.3) is 0 Å². The van der Waals surface area contributed by atoms with Crippen molar-refractivity contribution in [2.24, 2.45) is 0 Å². The Kier molecular flexibility index (Phi) is 3.10. The summed E-state index contributed by atoms with van der Waals surface area (Å²) in [7, 11) is 0. The number of phenols is 1. The molecular formula is C9H7BrN2O2. The summed E-state index contributed by atoms with van der Waals surface area (Å²) in [5, 5.41) is 18.0. The molecule has 0 spiro atoms. The highest BCUT2D eigenvalue weighted by Crippen LogP contribution is 2.24.